The smallest absolute Gasteiger partial charge is 0.368 e. The Labute approximate surface area is 138 Å². The second-order valence-electron chi connectivity index (χ2n) is 7.10. The van der Waals surface area contributed by atoms with Gasteiger partial charge in [0.25, 0.3) is 5.08 Å². The molecule has 0 bridgehead atoms. The van der Waals surface area contributed by atoms with Crippen LogP contribution >= 0.6 is 15.2 Å². The molecule has 5 N–H and O–H groups in total. The van der Waals surface area contributed by atoms with Crippen molar-refractivity contribution in [2.24, 2.45) is 0 Å². The van der Waals surface area contributed by atoms with Gasteiger partial charge in [0.05, 0.1) is 27.7 Å². The first-order chi connectivity index (χ1) is 10.2. The van der Waals surface area contributed by atoms with Gasteiger partial charge in [-0.3, -0.25) is 9.13 Å². The van der Waals surface area contributed by atoms with E-state index in [0.717, 1.165) is 43.1 Å². The van der Waals surface area contributed by atoms with Gasteiger partial charge in [-0.1, -0.05) is 25.7 Å². The number of unbranched alkanes of at least 4 members (excludes halogenated alkanes) is 6. The summed E-state index contributed by atoms with van der Waals surface area (Å²) in [7, 11) is -4.18. The summed E-state index contributed by atoms with van der Waals surface area (Å²) in [5.41, 5.74) is 0. The number of rotatable bonds is 12. The number of nitrogens with zero attached hydrogens (tertiary/aromatic N) is 1. The van der Waals surface area contributed by atoms with E-state index < -0.39 is 26.7 Å². The van der Waals surface area contributed by atoms with Crippen LogP contribution in [0.1, 0.15) is 51.4 Å². The number of hydrogen-bond acceptors (Lipinski definition) is 3. The quantitative estimate of drug-likeness (QED) is 0.199. The molecule has 0 atom stereocenters. The van der Waals surface area contributed by atoms with Crippen molar-refractivity contribution in [1.82, 2.24) is 0 Å². The van der Waals surface area contributed by atoms with Gasteiger partial charge in [0.15, 0.2) is 0 Å². The fourth-order valence-electron chi connectivity index (χ4n) is 2.29. The maximum Gasteiger partial charge on any atom is 0.369 e. The van der Waals surface area contributed by atoms with Gasteiger partial charge in [0, 0.05) is 0 Å². The van der Waals surface area contributed by atoms with Crippen LogP contribution in [0.3, 0.4) is 0 Å². The van der Waals surface area contributed by atoms with Crippen molar-refractivity contribution in [1.29, 1.82) is 0 Å². The molecule has 0 amide bonds. The molecule has 0 heterocycles. The van der Waals surface area contributed by atoms with Crippen LogP contribution in [0.15, 0.2) is 0 Å². The first-order valence-electron chi connectivity index (χ1n) is 7.85. The lowest BCUT2D eigenvalue weighted by molar-refractivity contribution is -0.870. The molecule has 10 heteroatoms. The van der Waals surface area contributed by atoms with Crippen molar-refractivity contribution in [3.05, 3.63) is 0 Å². The fraction of sp³-hybridized carbons (Fsp3) is 1.00. The van der Waals surface area contributed by atoms with Crippen molar-refractivity contribution in [2.45, 2.75) is 56.4 Å². The first-order valence-corrected chi connectivity index (χ1v) is 11.1. The van der Waals surface area contributed by atoms with Crippen molar-refractivity contribution in [3.8, 4) is 0 Å². The van der Waals surface area contributed by atoms with E-state index in [2.05, 4.69) is 21.1 Å². The van der Waals surface area contributed by atoms with E-state index in [1.54, 1.807) is 0 Å². The number of aliphatic hydroxyl groups is 1. The van der Waals surface area contributed by atoms with E-state index in [9.17, 15) is 14.2 Å². The zero-order valence-corrected chi connectivity index (χ0v) is 16.0. The fourth-order valence-corrected chi connectivity index (χ4v) is 4.55. The van der Waals surface area contributed by atoms with Gasteiger partial charge in [-0.25, -0.2) is 0 Å². The Bertz CT molecular complexity index is 416. The van der Waals surface area contributed by atoms with Gasteiger partial charge in [-0.05, 0) is 25.7 Å². The normalized spacial score (nSPS) is 14.3. The summed E-state index contributed by atoms with van der Waals surface area (Å²) in [6.07, 6.45) is 5.20. The summed E-state index contributed by atoms with van der Waals surface area (Å²) in [4.78, 5) is 36.0. The van der Waals surface area contributed by atoms with Gasteiger partial charge >= 0.3 is 15.2 Å². The largest absolute Gasteiger partial charge is 0.369 e. The molecule has 0 aliphatic heterocycles. The Morgan fingerprint density at radius 1 is 0.739 bits per heavy atom. The van der Waals surface area contributed by atoms with E-state index in [0.29, 0.717) is 6.42 Å². The molecule has 0 saturated heterocycles. The Morgan fingerprint density at radius 3 is 1.43 bits per heavy atom. The minimum absolute atomic E-state index is 0.158. The molecule has 0 saturated carbocycles. The highest BCUT2D eigenvalue weighted by Crippen LogP contribution is 2.69. The third-order valence-electron chi connectivity index (χ3n) is 3.77. The van der Waals surface area contributed by atoms with Crippen molar-refractivity contribution in [2.75, 3.05) is 27.7 Å². The molecule has 140 valence electrons. The molecule has 0 radical (unpaired) electrons. The summed E-state index contributed by atoms with van der Waals surface area (Å²) in [5, 5.41) is 6.45. The molecule has 8 nitrogen and oxygen atoms in total. The lowest BCUT2D eigenvalue weighted by Gasteiger charge is -2.29. The maximum atomic E-state index is 11.2. The lowest BCUT2D eigenvalue weighted by Crippen LogP contribution is -2.35. The molecule has 0 aliphatic carbocycles. The average molecular weight is 376 g/mol. The molecule has 0 fully saturated rings. The average Bonchev–Trinajstić information content (AvgIpc) is 2.32. The highest BCUT2D eigenvalue weighted by atomic mass is 31.2. The van der Waals surface area contributed by atoms with E-state index >= 15 is 0 Å². The van der Waals surface area contributed by atoms with Gasteiger partial charge in [-0.2, -0.15) is 0 Å². The van der Waals surface area contributed by atoms with Crippen LogP contribution in [0.5, 0.6) is 0 Å². The predicted molar refractivity (Wildman–Crippen MR) is 88.9 cm³/mol. The predicted octanol–water partition coefficient (Wildman–Crippen LogP) is 1.81. The second-order valence-corrected chi connectivity index (χ2v) is 11.1. The minimum Gasteiger partial charge on any atom is -0.368 e. The van der Waals surface area contributed by atoms with Gasteiger partial charge in [0.1, 0.15) is 0 Å². The van der Waals surface area contributed by atoms with Crippen molar-refractivity contribution in [3.63, 3.8) is 0 Å². The zero-order chi connectivity index (χ0) is 18.4. The Balaban J connectivity index is 3.99. The van der Waals surface area contributed by atoms with Crippen LogP contribution < -0.4 is 0 Å². The summed E-state index contributed by atoms with van der Waals surface area (Å²) < 4.78 is 23.3. The molecule has 0 aromatic carbocycles. The molecule has 0 aliphatic rings. The third kappa shape index (κ3) is 8.75. The van der Waals surface area contributed by atoms with Crippen LogP contribution in [0.25, 0.3) is 0 Å². The first kappa shape index (κ1) is 23.2. The van der Waals surface area contributed by atoms with Gasteiger partial charge in [-0.15, -0.1) is 0 Å². The van der Waals surface area contributed by atoms with Crippen molar-refractivity contribution >= 4 is 15.2 Å². The monoisotopic (exact) mass is 376 g/mol. The van der Waals surface area contributed by atoms with Crippen LogP contribution in [-0.4, -0.2) is 61.9 Å². The van der Waals surface area contributed by atoms with Crippen LogP contribution in [0.4, 0.5) is 0 Å². The molecule has 0 spiro atoms. The number of hydrogen-bond donors (Lipinski definition) is 5. The third-order valence-corrected chi connectivity index (χ3v) is 7.65. The van der Waals surface area contributed by atoms with E-state index in [1.165, 1.54) is 0 Å². The van der Waals surface area contributed by atoms with Crippen molar-refractivity contribution < 1.29 is 38.3 Å². The molecule has 0 aromatic rings. The van der Waals surface area contributed by atoms with Crippen LogP contribution in [0.2, 0.25) is 0 Å². The standard InChI is InChI=1S/C13H31NO7P2/c1-14(2,3)12-10-8-6-4-5-7-9-11-13(15,22(16,17)18)23(19,20)21/h15H,4-12H2,1-3H3,(H3-,16,17,18,19,20,21)/p+1. The van der Waals surface area contributed by atoms with E-state index in [1.807, 2.05) is 0 Å². The molecule has 0 rings (SSSR count). The minimum atomic E-state index is -5.30. The Hall–Kier alpha value is 0.220. The summed E-state index contributed by atoms with van der Waals surface area (Å²) >= 11 is 0. The molecule has 23 heavy (non-hydrogen) atoms. The van der Waals surface area contributed by atoms with Crippen LogP contribution in [-0.2, 0) is 9.13 Å². The molecule has 0 unspecified atom stereocenters. The second kappa shape index (κ2) is 9.07. The highest BCUT2D eigenvalue weighted by molar-refractivity contribution is 7.72. The van der Waals surface area contributed by atoms with E-state index in [4.69, 9.17) is 19.6 Å². The number of quaternary nitrogens is 1. The topological polar surface area (TPSA) is 135 Å². The van der Waals surface area contributed by atoms with Gasteiger partial charge < -0.3 is 29.2 Å². The Morgan fingerprint density at radius 2 is 1.09 bits per heavy atom. The van der Waals surface area contributed by atoms with Gasteiger partial charge in [0.2, 0.25) is 0 Å². The van der Waals surface area contributed by atoms with E-state index in [-0.39, 0.29) is 6.42 Å². The van der Waals surface area contributed by atoms with Crippen LogP contribution in [0, 0.1) is 0 Å². The summed E-state index contributed by atoms with van der Waals surface area (Å²) in [5.74, 6) is 0. The summed E-state index contributed by atoms with van der Waals surface area (Å²) in [6.45, 7) is 1.11. The molecular weight excluding hydrogens is 344 g/mol. The highest BCUT2D eigenvalue weighted by Gasteiger charge is 2.58. The summed E-state index contributed by atoms with van der Waals surface area (Å²) in [6, 6.07) is 0. The lowest BCUT2D eigenvalue weighted by atomic mass is 10.1. The maximum absolute atomic E-state index is 11.2. The SMILES string of the molecule is C[N+](C)(C)CCCCCCCCCC(O)(P(=O)(O)O)P(=O)(O)O. The Kier molecular flexibility index (Phi) is 9.15. The molecular formula is C13H32NO7P2+. The molecule has 0 aromatic heterocycles. The zero-order valence-electron chi connectivity index (χ0n) is 14.3.